The Balaban J connectivity index is 2.06. The Hall–Kier alpha value is -2.62. The molecule has 0 aliphatic rings. The lowest BCUT2D eigenvalue weighted by Crippen LogP contribution is -2.23. The van der Waals surface area contributed by atoms with Crippen molar-refractivity contribution in [3.8, 4) is 0 Å². The van der Waals surface area contributed by atoms with Gasteiger partial charge < -0.3 is 10.6 Å². The molecular formula is C21H26N2O2. The first-order valence-electron chi connectivity index (χ1n) is 8.57. The van der Waals surface area contributed by atoms with Crippen molar-refractivity contribution >= 4 is 23.2 Å². The highest BCUT2D eigenvalue weighted by atomic mass is 16.2. The summed E-state index contributed by atoms with van der Waals surface area (Å²) >= 11 is 0. The van der Waals surface area contributed by atoms with Crippen molar-refractivity contribution in [3.05, 3.63) is 58.1 Å². The molecule has 0 aromatic heterocycles. The molecule has 0 aliphatic carbocycles. The molecule has 2 rings (SSSR count). The summed E-state index contributed by atoms with van der Waals surface area (Å²) in [5.41, 5.74) is 6.81. The van der Waals surface area contributed by atoms with Crippen LogP contribution in [0.1, 0.15) is 41.2 Å². The van der Waals surface area contributed by atoms with Crippen molar-refractivity contribution in [2.75, 3.05) is 10.6 Å². The van der Waals surface area contributed by atoms with E-state index in [-0.39, 0.29) is 18.2 Å². The molecule has 0 saturated carbocycles. The van der Waals surface area contributed by atoms with Crippen LogP contribution in [-0.2, 0) is 16.0 Å². The fourth-order valence-corrected chi connectivity index (χ4v) is 3.09. The number of amides is 2. The predicted molar refractivity (Wildman–Crippen MR) is 103 cm³/mol. The highest BCUT2D eigenvalue weighted by molar-refractivity contribution is 6.08. The first-order valence-corrected chi connectivity index (χ1v) is 8.57. The van der Waals surface area contributed by atoms with Crippen molar-refractivity contribution in [2.45, 2.75) is 47.5 Å². The minimum absolute atomic E-state index is 0.204. The van der Waals surface area contributed by atoms with Gasteiger partial charge in [0.05, 0.1) is 0 Å². The first kappa shape index (κ1) is 18.7. The summed E-state index contributed by atoms with van der Waals surface area (Å²) in [4.78, 5) is 24.6. The summed E-state index contributed by atoms with van der Waals surface area (Å²) in [5.74, 6) is -0.608. The van der Waals surface area contributed by atoms with Gasteiger partial charge in [0, 0.05) is 11.4 Å². The van der Waals surface area contributed by atoms with Crippen LogP contribution in [0.5, 0.6) is 0 Å². The summed E-state index contributed by atoms with van der Waals surface area (Å²) in [6, 6.07) is 9.95. The van der Waals surface area contributed by atoms with E-state index in [2.05, 4.69) is 10.6 Å². The number of rotatable bonds is 5. The van der Waals surface area contributed by atoms with Gasteiger partial charge in [-0.05, 0) is 56.4 Å². The number of carbonyl (C=O) groups excluding carboxylic acids is 2. The van der Waals surface area contributed by atoms with Crippen LogP contribution >= 0.6 is 0 Å². The molecule has 0 atom stereocenters. The van der Waals surface area contributed by atoms with E-state index in [9.17, 15) is 9.59 Å². The third-order valence-electron chi connectivity index (χ3n) is 4.27. The molecule has 4 heteroatoms. The third kappa shape index (κ3) is 4.69. The highest BCUT2D eigenvalue weighted by Crippen LogP contribution is 2.23. The van der Waals surface area contributed by atoms with Gasteiger partial charge in [-0.1, -0.05) is 42.8 Å². The zero-order chi connectivity index (χ0) is 18.6. The first-order chi connectivity index (χ1) is 11.8. The topological polar surface area (TPSA) is 58.2 Å². The van der Waals surface area contributed by atoms with Crippen LogP contribution in [0.25, 0.3) is 0 Å². The fourth-order valence-electron chi connectivity index (χ4n) is 3.09. The van der Waals surface area contributed by atoms with Crippen LogP contribution in [0.2, 0.25) is 0 Å². The van der Waals surface area contributed by atoms with Crippen molar-refractivity contribution in [1.82, 2.24) is 0 Å². The number of hydrogen-bond donors (Lipinski definition) is 2. The van der Waals surface area contributed by atoms with Gasteiger partial charge in [0.1, 0.15) is 6.42 Å². The Morgan fingerprint density at radius 2 is 1.40 bits per heavy atom. The average molecular weight is 338 g/mol. The van der Waals surface area contributed by atoms with Crippen molar-refractivity contribution in [2.24, 2.45) is 0 Å². The number of anilines is 2. The third-order valence-corrected chi connectivity index (χ3v) is 4.27. The van der Waals surface area contributed by atoms with Gasteiger partial charge in [0.25, 0.3) is 0 Å². The summed E-state index contributed by atoms with van der Waals surface area (Å²) in [5, 5.41) is 5.75. The smallest absolute Gasteiger partial charge is 0.233 e. The van der Waals surface area contributed by atoms with Gasteiger partial charge in [-0.2, -0.15) is 0 Å². The number of para-hydroxylation sites is 1. The monoisotopic (exact) mass is 338 g/mol. The molecule has 132 valence electrons. The second kappa shape index (κ2) is 7.97. The molecule has 0 aliphatic heterocycles. The van der Waals surface area contributed by atoms with Gasteiger partial charge in [-0.15, -0.1) is 0 Å². The van der Waals surface area contributed by atoms with E-state index in [1.54, 1.807) is 0 Å². The maximum absolute atomic E-state index is 12.3. The van der Waals surface area contributed by atoms with Gasteiger partial charge >= 0.3 is 0 Å². The molecule has 0 bridgehead atoms. The minimum atomic E-state index is -0.306. The van der Waals surface area contributed by atoms with E-state index < -0.39 is 0 Å². The van der Waals surface area contributed by atoms with Crippen LogP contribution in [0, 0.1) is 27.7 Å². The lowest BCUT2D eigenvalue weighted by atomic mass is 10.0. The molecule has 0 saturated heterocycles. The van der Waals surface area contributed by atoms with E-state index in [0.29, 0.717) is 0 Å². The largest absolute Gasteiger partial charge is 0.325 e. The maximum atomic E-state index is 12.3. The molecular weight excluding hydrogens is 312 g/mol. The molecule has 25 heavy (non-hydrogen) atoms. The minimum Gasteiger partial charge on any atom is -0.325 e. The normalized spacial score (nSPS) is 10.4. The molecule has 0 radical (unpaired) electrons. The number of aryl methyl sites for hydroxylation is 5. The number of hydrogen-bond acceptors (Lipinski definition) is 2. The van der Waals surface area contributed by atoms with E-state index in [4.69, 9.17) is 0 Å². The number of benzene rings is 2. The standard InChI is InChI=1S/C21H26N2O2/c1-6-17-9-7-8-14(3)21(17)23-19(25)12-18(24)22-20-15(4)10-13(2)11-16(20)5/h7-11H,6,12H2,1-5H3,(H,22,24)(H,23,25). The Labute approximate surface area is 149 Å². The molecule has 2 N–H and O–H groups in total. The van der Waals surface area contributed by atoms with E-state index in [1.165, 1.54) is 0 Å². The van der Waals surface area contributed by atoms with E-state index in [1.807, 2.05) is 65.0 Å². The van der Waals surface area contributed by atoms with Crippen LogP contribution < -0.4 is 10.6 Å². The predicted octanol–water partition coefficient (Wildman–Crippen LogP) is 4.45. The van der Waals surface area contributed by atoms with Crippen LogP contribution in [0.3, 0.4) is 0 Å². The van der Waals surface area contributed by atoms with E-state index in [0.717, 1.165) is 45.6 Å². The average Bonchev–Trinajstić information content (AvgIpc) is 2.52. The lowest BCUT2D eigenvalue weighted by molar-refractivity contribution is -0.123. The SMILES string of the molecule is CCc1cccc(C)c1NC(=O)CC(=O)Nc1c(C)cc(C)cc1C. The summed E-state index contributed by atoms with van der Waals surface area (Å²) < 4.78 is 0. The molecule has 2 aromatic carbocycles. The van der Waals surface area contributed by atoms with Crippen LogP contribution in [0.4, 0.5) is 11.4 Å². The van der Waals surface area contributed by atoms with Gasteiger partial charge in [0.2, 0.25) is 11.8 Å². The van der Waals surface area contributed by atoms with Gasteiger partial charge in [0.15, 0.2) is 0 Å². The maximum Gasteiger partial charge on any atom is 0.233 e. The molecule has 0 spiro atoms. The van der Waals surface area contributed by atoms with Gasteiger partial charge in [-0.3, -0.25) is 9.59 Å². The summed E-state index contributed by atoms with van der Waals surface area (Å²) in [6.07, 6.45) is 0.621. The Morgan fingerprint density at radius 3 is 1.96 bits per heavy atom. The number of carbonyl (C=O) groups is 2. The van der Waals surface area contributed by atoms with E-state index >= 15 is 0 Å². The lowest BCUT2D eigenvalue weighted by Gasteiger charge is -2.14. The molecule has 0 fully saturated rings. The van der Waals surface area contributed by atoms with Gasteiger partial charge in [-0.25, -0.2) is 0 Å². The second-order valence-electron chi connectivity index (χ2n) is 6.51. The Kier molecular flexibility index (Phi) is 5.97. The molecule has 2 aromatic rings. The Bertz CT molecular complexity index is 787. The zero-order valence-corrected chi connectivity index (χ0v) is 15.6. The summed E-state index contributed by atoms with van der Waals surface area (Å²) in [7, 11) is 0. The summed E-state index contributed by atoms with van der Waals surface area (Å²) in [6.45, 7) is 9.92. The molecule has 2 amide bonds. The Morgan fingerprint density at radius 1 is 0.840 bits per heavy atom. The molecule has 0 heterocycles. The quantitative estimate of drug-likeness (QED) is 0.791. The van der Waals surface area contributed by atoms with Crippen molar-refractivity contribution < 1.29 is 9.59 Å². The van der Waals surface area contributed by atoms with Crippen LogP contribution in [-0.4, -0.2) is 11.8 Å². The zero-order valence-electron chi connectivity index (χ0n) is 15.6. The fraction of sp³-hybridized carbons (Fsp3) is 0.333. The van der Waals surface area contributed by atoms with Crippen molar-refractivity contribution in [1.29, 1.82) is 0 Å². The highest BCUT2D eigenvalue weighted by Gasteiger charge is 2.14. The van der Waals surface area contributed by atoms with Crippen LogP contribution in [0.15, 0.2) is 30.3 Å². The van der Waals surface area contributed by atoms with Crippen molar-refractivity contribution in [3.63, 3.8) is 0 Å². The molecule has 0 unspecified atom stereocenters. The molecule has 4 nitrogen and oxygen atoms in total. The number of nitrogens with one attached hydrogen (secondary N) is 2. The second-order valence-corrected chi connectivity index (χ2v) is 6.51.